The Labute approximate surface area is 57.1 Å². The molecule has 0 saturated heterocycles. The van der Waals surface area contributed by atoms with Crippen LogP contribution in [-0.2, 0) is 0 Å². The number of hydrogen-bond donors (Lipinski definition) is 1. The Balaban J connectivity index is 2.13. The molecule has 1 radical (unpaired) electrons. The van der Waals surface area contributed by atoms with E-state index in [0.29, 0.717) is 0 Å². The van der Waals surface area contributed by atoms with E-state index in [1.807, 2.05) is 0 Å². The predicted octanol–water partition coefficient (Wildman–Crippen LogP) is 2.31. The van der Waals surface area contributed by atoms with Gasteiger partial charge in [-0.25, -0.2) is 0 Å². The molecule has 0 aliphatic heterocycles. The Kier molecular flexibility index (Phi) is 2.74. The van der Waals surface area contributed by atoms with Crippen molar-refractivity contribution in [3.05, 3.63) is 6.42 Å². The molecule has 47 valence electrons. The number of hydrogen-bond acceptors (Lipinski definition) is 1. The highest BCUT2D eigenvalue weighted by Crippen LogP contribution is 2.23. The van der Waals surface area contributed by atoms with Crippen LogP contribution in [0.3, 0.4) is 0 Å². The zero-order valence-electron chi connectivity index (χ0n) is 5.14. The standard InChI is InChI=1S/C7H13S/c8-6-7-4-2-1-3-5-7/h2,7-8H,1,3-6H2. The van der Waals surface area contributed by atoms with Crippen LogP contribution >= 0.6 is 12.6 Å². The molecule has 1 aliphatic carbocycles. The second-order valence-electron chi connectivity index (χ2n) is 2.50. The van der Waals surface area contributed by atoms with Crippen molar-refractivity contribution in [2.45, 2.75) is 25.7 Å². The Morgan fingerprint density at radius 3 is 2.88 bits per heavy atom. The average Bonchev–Trinajstić information content (AvgIpc) is 1.90. The molecule has 0 aromatic rings. The van der Waals surface area contributed by atoms with E-state index < -0.39 is 0 Å². The van der Waals surface area contributed by atoms with E-state index in [1.165, 1.54) is 25.7 Å². The smallest absolute Gasteiger partial charge is 0.00694 e. The van der Waals surface area contributed by atoms with Crippen LogP contribution in [0.15, 0.2) is 0 Å². The minimum Gasteiger partial charge on any atom is -0.179 e. The third-order valence-corrected chi connectivity index (χ3v) is 2.30. The minimum absolute atomic E-state index is 0.895. The van der Waals surface area contributed by atoms with Crippen molar-refractivity contribution in [1.82, 2.24) is 0 Å². The van der Waals surface area contributed by atoms with Gasteiger partial charge in [-0.05, 0) is 30.9 Å². The third kappa shape index (κ3) is 1.70. The largest absolute Gasteiger partial charge is 0.179 e. The van der Waals surface area contributed by atoms with Crippen molar-refractivity contribution in [2.75, 3.05) is 5.75 Å². The van der Waals surface area contributed by atoms with Crippen LogP contribution in [-0.4, -0.2) is 5.75 Å². The molecule has 1 heteroatoms. The summed E-state index contributed by atoms with van der Waals surface area (Å²) in [5.41, 5.74) is 0. The number of rotatable bonds is 1. The fourth-order valence-corrected chi connectivity index (χ4v) is 1.52. The first-order valence-electron chi connectivity index (χ1n) is 3.36. The molecule has 0 aromatic heterocycles. The van der Waals surface area contributed by atoms with Gasteiger partial charge in [0.2, 0.25) is 0 Å². The maximum Gasteiger partial charge on any atom is -0.00694 e. The Bertz CT molecular complexity index is 55.4. The van der Waals surface area contributed by atoms with Crippen LogP contribution in [0.25, 0.3) is 0 Å². The normalized spacial score (nSPS) is 23.6. The third-order valence-electron chi connectivity index (χ3n) is 1.78. The van der Waals surface area contributed by atoms with Crippen molar-refractivity contribution in [3.63, 3.8) is 0 Å². The monoisotopic (exact) mass is 129 g/mol. The molecule has 0 amide bonds. The average molecular weight is 129 g/mol. The highest BCUT2D eigenvalue weighted by Gasteiger charge is 2.10. The summed E-state index contributed by atoms with van der Waals surface area (Å²) in [6.45, 7) is 0. The molecule has 0 heterocycles. The highest BCUT2D eigenvalue weighted by atomic mass is 32.1. The van der Waals surface area contributed by atoms with Gasteiger partial charge in [0, 0.05) is 0 Å². The molecule has 1 atom stereocenters. The van der Waals surface area contributed by atoms with E-state index in [0.717, 1.165) is 11.7 Å². The molecular formula is C7H13S. The van der Waals surface area contributed by atoms with Crippen LogP contribution in [0.2, 0.25) is 0 Å². The predicted molar refractivity (Wildman–Crippen MR) is 40.1 cm³/mol. The summed E-state index contributed by atoms with van der Waals surface area (Å²) < 4.78 is 0. The molecule has 1 aliphatic rings. The maximum atomic E-state index is 4.24. The van der Waals surface area contributed by atoms with E-state index in [4.69, 9.17) is 0 Å². The van der Waals surface area contributed by atoms with E-state index in [9.17, 15) is 0 Å². The van der Waals surface area contributed by atoms with Crippen LogP contribution in [0.5, 0.6) is 0 Å². The minimum atomic E-state index is 0.895. The van der Waals surface area contributed by atoms with Gasteiger partial charge in [0.05, 0.1) is 0 Å². The molecule has 1 saturated carbocycles. The lowest BCUT2D eigenvalue weighted by Gasteiger charge is -2.18. The molecule has 1 unspecified atom stereocenters. The van der Waals surface area contributed by atoms with E-state index in [2.05, 4.69) is 19.0 Å². The zero-order valence-corrected chi connectivity index (χ0v) is 6.03. The van der Waals surface area contributed by atoms with E-state index in [-0.39, 0.29) is 0 Å². The van der Waals surface area contributed by atoms with Crippen molar-refractivity contribution >= 4 is 12.6 Å². The van der Waals surface area contributed by atoms with Crippen LogP contribution in [0, 0.1) is 12.3 Å². The topological polar surface area (TPSA) is 0 Å². The van der Waals surface area contributed by atoms with Crippen LogP contribution in [0.4, 0.5) is 0 Å². The summed E-state index contributed by atoms with van der Waals surface area (Å²) in [7, 11) is 0. The first-order chi connectivity index (χ1) is 3.93. The fraction of sp³-hybridized carbons (Fsp3) is 0.857. The van der Waals surface area contributed by atoms with Gasteiger partial charge >= 0.3 is 0 Å². The van der Waals surface area contributed by atoms with Crippen molar-refractivity contribution in [1.29, 1.82) is 0 Å². The summed E-state index contributed by atoms with van der Waals surface area (Å²) >= 11 is 4.24. The Morgan fingerprint density at radius 2 is 2.50 bits per heavy atom. The molecule has 0 aromatic carbocycles. The summed E-state index contributed by atoms with van der Waals surface area (Å²) in [5.74, 6) is 1.98. The Morgan fingerprint density at radius 1 is 1.62 bits per heavy atom. The molecule has 0 nitrogen and oxygen atoms in total. The second kappa shape index (κ2) is 3.39. The maximum absolute atomic E-state index is 4.24. The zero-order chi connectivity index (χ0) is 5.82. The summed E-state index contributed by atoms with van der Waals surface area (Å²) in [4.78, 5) is 0. The lowest BCUT2D eigenvalue weighted by Crippen LogP contribution is -2.07. The molecule has 0 N–H and O–H groups in total. The van der Waals surface area contributed by atoms with Crippen LogP contribution in [0.1, 0.15) is 25.7 Å². The molecule has 0 spiro atoms. The van der Waals surface area contributed by atoms with Crippen molar-refractivity contribution in [3.8, 4) is 0 Å². The summed E-state index contributed by atoms with van der Waals surface area (Å²) in [6.07, 6.45) is 7.84. The van der Waals surface area contributed by atoms with E-state index in [1.54, 1.807) is 0 Å². The van der Waals surface area contributed by atoms with Crippen molar-refractivity contribution in [2.24, 2.45) is 5.92 Å². The molecule has 1 fully saturated rings. The first kappa shape index (κ1) is 6.47. The molecule has 0 bridgehead atoms. The van der Waals surface area contributed by atoms with E-state index >= 15 is 0 Å². The van der Waals surface area contributed by atoms with Crippen LogP contribution < -0.4 is 0 Å². The van der Waals surface area contributed by atoms with Gasteiger partial charge in [0.25, 0.3) is 0 Å². The van der Waals surface area contributed by atoms with Gasteiger partial charge in [-0.15, -0.1) is 0 Å². The van der Waals surface area contributed by atoms with Gasteiger partial charge in [0.1, 0.15) is 0 Å². The second-order valence-corrected chi connectivity index (χ2v) is 2.87. The molecule has 1 rings (SSSR count). The SMILES string of the molecule is SCC1C[CH]CCC1. The van der Waals surface area contributed by atoms with Crippen molar-refractivity contribution < 1.29 is 0 Å². The lowest BCUT2D eigenvalue weighted by atomic mass is 9.91. The molecule has 8 heavy (non-hydrogen) atoms. The Hall–Kier alpha value is 0.350. The fourth-order valence-electron chi connectivity index (χ4n) is 1.19. The number of thiol groups is 1. The van der Waals surface area contributed by atoms with Gasteiger partial charge < -0.3 is 0 Å². The summed E-state index contributed by atoms with van der Waals surface area (Å²) in [5, 5.41) is 0. The van der Waals surface area contributed by atoms with Gasteiger partial charge in [0.15, 0.2) is 0 Å². The summed E-state index contributed by atoms with van der Waals surface area (Å²) in [6, 6.07) is 0. The molecular weight excluding hydrogens is 116 g/mol. The van der Waals surface area contributed by atoms with Gasteiger partial charge in [-0.2, -0.15) is 12.6 Å². The quantitative estimate of drug-likeness (QED) is 0.516. The lowest BCUT2D eigenvalue weighted by molar-refractivity contribution is 0.455. The highest BCUT2D eigenvalue weighted by molar-refractivity contribution is 7.80. The first-order valence-corrected chi connectivity index (χ1v) is 3.99. The van der Waals surface area contributed by atoms with Gasteiger partial charge in [-0.3, -0.25) is 0 Å². The van der Waals surface area contributed by atoms with Gasteiger partial charge in [-0.1, -0.05) is 12.8 Å².